The summed E-state index contributed by atoms with van der Waals surface area (Å²) in [5, 5.41) is 3.33. The van der Waals surface area contributed by atoms with Gasteiger partial charge in [0.05, 0.1) is 18.4 Å². The number of ether oxygens (including phenoxy) is 2. The summed E-state index contributed by atoms with van der Waals surface area (Å²) >= 11 is 0. The Labute approximate surface area is 219 Å². The zero-order valence-electron chi connectivity index (χ0n) is 21.7. The molecule has 6 nitrogen and oxygen atoms in total. The molecule has 1 aromatic heterocycles. The first-order valence-electron chi connectivity index (χ1n) is 12.6. The molecule has 2 aromatic carbocycles. The van der Waals surface area contributed by atoms with Crippen molar-refractivity contribution in [2.24, 2.45) is 0 Å². The molecule has 202 valence electrons. The number of aromatic nitrogens is 2. The number of fused-ring (bicyclic) bond motifs is 2. The normalized spacial score (nSPS) is 16.6. The molecule has 38 heavy (non-hydrogen) atoms. The SMILES string of the molecule is CC(C)N1CC(C)(C)Oc2c(F)cc(-c3nc(Cc4ccc5c(c4)CCNC5)ncc3OC(F)(F)F)cc21. The summed E-state index contributed by atoms with van der Waals surface area (Å²) in [6.07, 6.45) is -2.75. The maximum absolute atomic E-state index is 15.4. The highest BCUT2D eigenvalue weighted by Crippen LogP contribution is 2.44. The van der Waals surface area contributed by atoms with Gasteiger partial charge in [-0.3, -0.25) is 0 Å². The van der Waals surface area contributed by atoms with Crippen LogP contribution < -0.4 is 19.7 Å². The number of rotatable bonds is 5. The van der Waals surface area contributed by atoms with Crippen molar-refractivity contribution < 1.29 is 27.0 Å². The molecule has 0 amide bonds. The summed E-state index contributed by atoms with van der Waals surface area (Å²) in [4.78, 5) is 10.6. The van der Waals surface area contributed by atoms with E-state index in [-0.39, 0.29) is 23.0 Å². The van der Waals surface area contributed by atoms with Gasteiger partial charge in [-0.1, -0.05) is 18.2 Å². The predicted molar refractivity (Wildman–Crippen MR) is 136 cm³/mol. The van der Waals surface area contributed by atoms with Crippen LogP contribution in [0, 0.1) is 5.82 Å². The van der Waals surface area contributed by atoms with Gasteiger partial charge in [-0.15, -0.1) is 13.2 Å². The summed E-state index contributed by atoms with van der Waals surface area (Å²) in [6, 6.07) is 8.83. The Morgan fingerprint density at radius 2 is 1.95 bits per heavy atom. The van der Waals surface area contributed by atoms with Gasteiger partial charge >= 0.3 is 6.36 Å². The van der Waals surface area contributed by atoms with Crippen LogP contribution in [0.3, 0.4) is 0 Å². The minimum Gasteiger partial charge on any atom is -0.481 e. The van der Waals surface area contributed by atoms with Gasteiger partial charge in [-0.2, -0.15) is 0 Å². The lowest BCUT2D eigenvalue weighted by Crippen LogP contribution is -2.49. The van der Waals surface area contributed by atoms with Crippen LogP contribution in [-0.4, -0.2) is 41.1 Å². The molecule has 0 atom stereocenters. The number of benzene rings is 2. The van der Waals surface area contributed by atoms with Gasteiger partial charge in [0.1, 0.15) is 17.1 Å². The van der Waals surface area contributed by atoms with E-state index in [1.165, 1.54) is 11.1 Å². The molecule has 1 N–H and O–H groups in total. The molecule has 10 heteroatoms. The molecule has 2 aliphatic heterocycles. The number of nitrogens with one attached hydrogen (secondary N) is 1. The molecule has 0 spiro atoms. The molecule has 3 aromatic rings. The van der Waals surface area contributed by atoms with E-state index in [9.17, 15) is 13.2 Å². The van der Waals surface area contributed by atoms with Crippen molar-refractivity contribution in [3.63, 3.8) is 0 Å². The van der Waals surface area contributed by atoms with Gasteiger partial charge in [0.2, 0.25) is 0 Å². The van der Waals surface area contributed by atoms with Crippen LogP contribution in [0.1, 0.15) is 50.2 Å². The van der Waals surface area contributed by atoms with Crippen molar-refractivity contribution in [1.29, 1.82) is 0 Å². The molecule has 0 radical (unpaired) electrons. The zero-order chi connectivity index (χ0) is 27.2. The molecule has 0 aliphatic carbocycles. The number of alkyl halides is 3. The number of anilines is 1. The monoisotopic (exact) mass is 530 g/mol. The first-order chi connectivity index (χ1) is 17.9. The van der Waals surface area contributed by atoms with E-state index in [0.29, 0.717) is 24.5 Å². The van der Waals surface area contributed by atoms with Crippen molar-refractivity contribution in [3.8, 4) is 22.8 Å². The van der Waals surface area contributed by atoms with Crippen molar-refractivity contribution in [2.75, 3.05) is 18.0 Å². The molecule has 2 aliphatic rings. The van der Waals surface area contributed by atoms with Gasteiger partial charge in [0.15, 0.2) is 17.3 Å². The van der Waals surface area contributed by atoms with E-state index in [2.05, 4.69) is 26.1 Å². The van der Waals surface area contributed by atoms with E-state index in [4.69, 9.17) is 4.74 Å². The number of hydrogen-bond donors (Lipinski definition) is 1. The fourth-order valence-electron chi connectivity index (χ4n) is 5.02. The molecule has 0 bridgehead atoms. The van der Waals surface area contributed by atoms with E-state index in [1.54, 1.807) is 6.07 Å². The van der Waals surface area contributed by atoms with E-state index in [0.717, 1.165) is 37.3 Å². The van der Waals surface area contributed by atoms with Gasteiger partial charge in [-0.05, 0) is 69.5 Å². The summed E-state index contributed by atoms with van der Waals surface area (Å²) in [7, 11) is 0. The second-order valence-corrected chi connectivity index (χ2v) is 10.6. The highest BCUT2D eigenvalue weighted by molar-refractivity contribution is 5.75. The van der Waals surface area contributed by atoms with Crippen molar-refractivity contribution in [1.82, 2.24) is 15.3 Å². The Kier molecular flexibility index (Phi) is 6.71. The largest absolute Gasteiger partial charge is 0.573 e. The van der Waals surface area contributed by atoms with Crippen LogP contribution in [-0.2, 0) is 19.4 Å². The third kappa shape index (κ3) is 5.55. The van der Waals surface area contributed by atoms with Crippen molar-refractivity contribution in [2.45, 2.75) is 65.1 Å². The van der Waals surface area contributed by atoms with Crippen LogP contribution in [0.4, 0.5) is 23.2 Å². The number of hydrogen-bond acceptors (Lipinski definition) is 6. The van der Waals surface area contributed by atoms with Gasteiger partial charge in [0, 0.05) is 24.6 Å². The van der Waals surface area contributed by atoms with Crippen molar-refractivity contribution >= 4 is 5.69 Å². The van der Waals surface area contributed by atoms with Crippen LogP contribution in [0.2, 0.25) is 0 Å². The van der Waals surface area contributed by atoms with Gasteiger partial charge in [0.25, 0.3) is 0 Å². The average Bonchev–Trinajstić information content (AvgIpc) is 2.83. The Balaban J connectivity index is 1.57. The number of halogens is 4. The fraction of sp³-hybridized carbons (Fsp3) is 0.429. The lowest BCUT2D eigenvalue weighted by atomic mass is 9.97. The minimum atomic E-state index is -4.96. The third-order valence-corrected chi connectivity index (χ3v) is 6.71. The fourth-order valence-corrected chi connectivity index (χ4v) is 5.02. The van der Waals surface area contributed by atoms with E-state index < -0.39 is 23.5 Å². The lowest BCUT2D eigenvalue weighted by molar-refractivity contribution is -0.274. The molecule has 0 unspecified atom stereocenters. The topological polar surface area (TPSA) is 59.5 Å². The first kappa shape index (κ1) is 26.2. The molecule has 3 heterocycles. The lowest BCUT2D eigenvalue weighted by Gasteiger charge is -2.43. The summed E-state index contributed by atoms with van der Waals surface area (Å²) < 4.78 is 65.4. The van der Waals surface area contributed by atoms with Crippen LogP contribution >= 0.6 is 0 Å². The summed E-state index contributed by atoms with van der Waals surface area (Å²) in [6.45, 7) is 9.83. The Morgan fingerprint density at radius 3 is 2.68 bits per heavy atom. The summed E-state index contributed by atoms with van der Waals surface area (Å²) in [5.41, 5.74) is 3.22. The average molecular weight is 531 g/mol. The third-order valence-electron chi connectivity index (χ3n) is 6.71. The second kappa shape index (κ2) is 9.72. The maximum atomic E-state index is 15.4. The van der Waals surface area contributed by atoms with E-state index in [1.807, 2.05) is 44.7 Å². The highest BCUT2D eigenvalue weighted by Gasteiger charge is 2.37. The standard InChI is InChI=1S/C28H30F4N4O2/c1-16(2)36-15-27(3,4)38-26-21(29)11-20(12-22(26)36)25-23(37-28(30,31)32)14-34-24(35-25)10-17-5-6-19-13-33-8-7-18(19)9-17/h5-6,9,11-12,14,16,33H,7-8,10,13,15H2,1-4H3. The van der Waals surface area contributed by atoms with Gasteiger partial charge in [-0.25, -0.2) is 14.4 Å². The zero-order valence-corrected chi connectivity index (χ0v) is 21.7. The molecule has 5 rings (SSSR count). The molecule has 0 saturated heterocycles. The van der Waals surface area contributed by atoms with Crippen LogP contribution in [0.25, 0.3) is 11.3 Å². The van der Waals surface area contributed by atoms with E-state index >= 15 is 4.39 Å². The first-order valence-corrected chi connectivity index (χ1v) is 12.6. The molecular formula is C28H30F4N4O2. The highest BCUT2D eigenvalue weighted by atomic mass is 19.4. The second-order valence-electron chi connectivity index (χ2n) is 10.6. The molecule has 0 fully saturated rings. The molecule has 0 saturated carbocycles. The predicted octanol–water partition coefficient (Wildman–Crippen LogP) is 5.80. The minimum absolute atomic E-state index is 0.00219. The van der Waals surface area contributed by atoms with Crippen molar-refractivity contribution in [3.05, 3.63) is 64.9 Å². The quantitative estimate of drug-likeness (QED) is 0.421. The Hall–Kier alpha value is -3.40. The van der Waals surface area contributed by atoms with Crippen LogP contribution in [0.15, 0.2) is 36.5 Å². The Morgan fingerprint density at radius 1 is 1.16 bits per heavy atom. The maximum Gasteiger partial charge on any atom is 0.573 e. The van der Waals surface area contributed by atoms with Gasteiger partial charge < -0.3 is 19.7 Å². The van der Waals surface area contributed by atoms with Crippen LogP contribution in [0.5, 0.6) is 11.5 Å². The summed E-state index contributed by atoms with van der Waals surface area (Å²) in [5.74, 6) is -0.905. The smallest absolute Gasteiger partial charge is 0.481 e. The molecular weight excluding hydrogens is 500 g/mol. The number of nitrogens with zero attached hydrogens (tertiary/aromatic N) is 3. The Bertz CT molecular complexity index is 1360.